The van der Waals surface area contributed by atoms with Gasteiger partial charge < -0.3 is 5.11 Å². The molecule has 0 saturated carbocycles. The number of benzene rings is 2. The molecule has 0 unspecified atom stereocenters. The molecule has 16 heavy (non-hydrogen) atoms. The van der Waals surface area contributed by atoms with E-state index in [1.54, 1.807) is 0 Å². The molecule has 2 atom stereocenters. The van der Waals surface area contributed by atoms with E-state index in [0.717, 1.165) is 10.9 Å². The van der Waals surface area contributed by atoms with E-state index >= 15 is 0 Å². The highest BCUT2D eigenvalue weighted by molar-refractivity contribution is 5.83. The lowest BCUT2D eigenvalue weighted by molar-refractivity contribution is 0.204. The largest absolute Gasteiger partial charge is 0.378 e. The SMILES string of the molecule is C[C@@H](c1ccc2ccccc2c1)[C@H](O)C#N. The summed E-state index contributed by atoms with van der Waals surface area (Å²) in [7, 11) is 0. The van der Waals surface area contributed by atoms with Crippen LogP contribution in [0.1, 0.15) is 18.4 Å². The Morgan fingerprint density at radius 2 is 1.81 bits per heavy atom. The van der Waals surface area contributed by atoms with Crippen LogP contribution in [0.2, 0.25) is 0 Å². The molecule has 0 radical (unpaired) electrons. The first-order chi connectivity index (χ1) is 7.72. The summed E-state index contributed by atoms with van der Waals surface area (Å²) in [5, 5.41) is 20.5. The number of hydrogen-bond acceptors (Lipinski definition) is 2. The van der Waals surface area contributed by atoms with Crippen LogP contribution < -0.4 is 0 Å². The lowest BCUT2D eigenvalue weighted by atomic mass is 9.94. The van der Waals surface area contributed by atoms with Crippen molar-refractivity contribution >= 4 is 10.8 Å². The summed E-state index contributed by atoms with van der Waals surface area (Å²) in [6.45, 7) is 1.86. The molecular formula is C14H13NO. The molecule has 0 bridgehead atoms. The fourth-order valence-electron chi connectivity index (χ4n) is 1.79. The monoisotopic (exact) mass is 211 g/mol. The van der Waals surface area contributed by atoms with Gasteiger partial charge in [0.2, 0.25) is 0 Å². The summed E-state index contributed by atoms with van der Waals surface area (Å²) in [5.41, 5.74) is 0.993. The van der Waals surface area contributed by atoms with Crippen molar-refractivity contribution < 1.29 is 5.11 Å². The Bertz CT molecular complexity index is 542. The number of rotatable bonds is 2. The summed E-state index contributed by atoms with van der Waals surface area (Å²) < 4.78 is 0. The topological polar surface area (TPSA) is 44.0 Å². The van der Waals surface area contributed by atoms with Crippen LogP contribution in [0, 0.1) is 11.3 Å². The molecule has 1 N–H and O–H groups in total. The molecule has 2 heteroatoms. The summed E-state index contributed by atoms with van der Waals surface area (Å²) >= 11 is 0. The number of aliphatic hydroxyl groups is 1. The van der Waals surface area contributed by atoms with E-state index in [-0.39, 0.29) is 5.92 Å². The minimum atomic E-state index is -0.943. The van der Waals surface area contributed by atoms with E-state index in [0.29, 0.717) is 0 Å². The average molecular weight is 211 g/mol. The van der Waals surface area contributed by atoms with Gasteiger partial charge in [-0.25, -0.2) is 0 Å². The van der Waals surface area contributed by atoms with Gasteiger partial charge in [0.05, 0.1) is 6.07 Å². The van der Waals surface area contributed by atoms with Gasteiger partial charge >= 0.3 is 0 Å². The normalized spacial score (nSPS) is 14.3. The van der Waals surface area contributed by atoms with Crippen molar-refractivity contribution in [3.8, 4) is 6.07 Å². The molecule has 2 rings (SSSR count). The van der Waals surface area contributed by atoms with Crippen LogP contribution in [-0.4, -0.2) is 11.2 Å². The fraction of sp³-hybridized carbons (Fsp3) is 0.214. The molecule has 0 heterocycles. The average Bonchev–Trinajstić information content (AvgIpc) is 2.36. The molecule has 2 aromatic rings. The van der Waals surface area contributed by atoms with Crippen LogP contribution in [0.15, 0.2) is 42.5 Å². The summed E-state index contributed by atoms with van der Waals surface area (Å²) in [4.78, 5) is 0. The molecule has 0 saturated heterocycles. The predicted molar refractivity (Wildman–Crippen MR) is 64.0 cm³/mol. The van der Waals surface area contributed by atoms with E-state index < -0.39 is 6.10 Å². The minimum Gasteiger partial charge on any atom is -0.378 e. The maximum absolute atomic E-state index is 9.49. The fourth-order valence-corrected chi connectivity index (χ4v) is 1.79. The van der Waals surface area contributed by atoms with Crippen molar-refractivity contribution in [2.45, 2.75) is 18.9 Å². The third kappa shape index (κ3) is 1.91. The Balaban J connectivity index is 2.44. The predicted octanol–water partition coefficient (Wildman–Crippen LogP) is 2.83. The molecule has 0 aliphatic heterocycles. The van der Waals surface area contributed by atoms with Gasteiger partial charge in [-0.1, -0.05) is 49.4 Å². The van der Waals surface area contributed by atoms with Crippen molar-refractivity contribution in [3.63, 3.8) is 0 Å². The zero-order valence-electron chi connectivity index (χ0n) is 9.09. The molecule has 2 nitrogen and oxygen atoms in total. The van der Waals surface area contributed by atoms with Crippen molar-refractivity contribution in [2.75, 3.05) is 0 Å². The number of aliphatic hydroxyl groups excluding tert-OH is 1. The summed E-state index contributed by atoms with van der Waals surface area (Å²) in [6.07, 6.45) is -0.943. The molecule has 0 aliphatic carbocycles. The van der Waals surface area contributed by atoms with Crippen LogP contribution in [0.3, 0.4) is 0 Å². The standard InChI is InChI=1S/C14H13NO/c1-10(14(16)9-15)12-7-6-11-4-2-3-5-13(11)8-12/h2-8,10,14,16H,1H3/t10-,14+/m0/s1. The zero-order chi connectivity index (χ0) is 11.5. The first kappa shape index (κ1) is 10.7. The molecular weight excluding hydrogens is 198 g/mol. The van der Waals surface area contributed by atoms with E-state index in [9.17, 15) is 5.11 Å². The number of fused-ring (bicyclic) bond motifs is 1. The Labute approximate surface area is 94.8 Å². The minimum absolute atomic E-state index is 0.158. The van der Waals surface area contributed by atoms with Crippen molar-refractivity contribution in [2.24, 2.45) is 0 Å². The van der Waals surface area contributed by atoms with E-state index in [2.05, 4.69) is 0 Å². The van der Waals surface area contributed by atoms with Crippen molar-refractivity contribution in [3.05, 3.63) is 48.0 Å². The van der Waals surface area contributed by atoms with Gasteiger partial charge in [-0.2, -0.15) is 5.26 Å². The van der Waals surface area contributed by atoms with Crippen LogP contribution in [0.4, 0.5) is 0 Å². The smallest absolute Gasteiger partial charge is 0.147 e. The van der Waals surface area contributed by atoms with E-state index in [4.69, 9.17) is 5.26 Å². The second-order valence-electron chi connectivity index (χ2n) is 3.97. The molecule has 80 valence electrons. The first-order valence-electron chi connectivity index (χ1n) is 5.29. The van der Waals surface area contributed by atoms with Crippen molar-refractivity contribution in [1.82, 2.24) is 0 Å². The number of hydrogen-bond donors (Lipinski definition) is 1. The van der Waals surface area contributed by atoms with Gasteiger partial charge in [-0.05, 0) is 16.3 Å². The van der Waals surface area contributed by atoms with Gasteiger partial charge in [0, 0.05) is 5.92 Å². The molecule has 0 aliphatic rings. The van der Waals surface area contributed by atoms with Crippen molar-refractivity contribution in [1.29, 1.82) is 5.26 Å². The van der Waals surface area contributed by atoms with Gasteiger partial charge in [0.1, 0.15) is 6.10 Å². The van der Waals surface area contributed by atoms with Gasteiger partial charge in [0.25, 0.3) is 0 Å². The van der Waals surface area contributed by atoms with Crippen LogP contribution in [-0.2, 0) is 0 Å². The molecule has 0 aromatic heterocycles. The lowest BCUT2D eigenvalue weighted by Gasteiger charge is -2.13. The lowest BCUT2D eigenvalue weighted by Crippen LogP contribution is -2.12. The Hall–Kier alpha value is -1.85. The van der Waals surface area contributed by atoms with Crippen LogP contribution >= 0.6 is 0 Å². The maximum Gasteiger partial charge on any atom is 0.147 e. The van der Waals surface area contributed by atoms with Crippen LogP contribution in [0.5, 0.6) is 0 Å². The van der Waals surface area contributed by atoms with E-state index in [1.165, 1.54) is 5.39 Å². The summed E-state index contributed by atoms with van der Waals surface area (Å²) in [5.74, 6) is -0.158. The summed E-state index contributed by atoms with van der Waals surface area (Å²) in [6, 6.07) is 15.9. The Morgan fingerprint density at radius 1 is 1.12 bits per heavy atom. The molecule has 0 fully saturated rings. The van der Waals surface area contributed by atoms with Gasteiger partial charge in [-0.3, -0.25) is 0 Å². The zero-order valence-corrected chi connectivity index (χ0v) is 9.09. The third-order valence-corrected chi connectivity index (χ3v) is 2.91. The molecule has 0 spiro atoms. The number of nitriles is 1. The maximum atomic E-state index is 9.49. The van der Waals surface area contributed by atoms with E-state index in [1.807, 2.05) is 55.5 Å². The Kier molecular flexibility index (Phi) is 2.89. The molecule has 0 amide bonds. The van der Waals surface area contributed by atoms with Gasteiger partial charge in [-0.15, -0.1) is 0 Å². The van der Waals surface area contributed by atoms with Crippen LogP contribution in [0.25, 0.3) is 10.8 Å². The second kappa shape index (κ2) is 4.34. The highest BCUT2D eigenvalue weighted by Gasteiger charge is 2.15. The Morgan fingerprint density at radius 3 is 2.50 bits per heavy atom. The molecule has 2 aromatic carbocycles. The third-order valence-electron chi connectivity index (χ3n) is 2.91. The first-order valence-corrected chi connectivity index (χ1v) is 5.29. The highest BCUT2D eigenvalue weighted by atomic mass is 16.3. The second-order valence-corrected chi connectivity index (χ2v) is 3.97. The number of nitrogens with zero attached hydrogens (tertiary/aromatic N) is 1. The quantitative estimate of drug-likeness (QED) is 0.776. The van der Waals surface area contributed by atoms with Gasteiger partial charge in [0.15, 0.2) is 0 Å². The highest BCUT2D eigenvalue weighted by Crippen LogP contribution is 2.23.